The highest BCUT2D eigenvalue weighted by atomic mass is 32.1. The molecule has 0 aliphatic heterocycles. The van der Waals surface area contributed by atoms with E-state index < -0.39 is 0 Å². The number of anilines is 2. The molecule has 0 aliphatic carbocycles. The van der Waals surface area contributed by atoms with E-state index in [1.54, 1.807) is 11.3 Å². The van der Waals surface area contributed by atoms with Gasteiger partial charge in [-0.2, -0.15) is 0 Å². The van der Waals surface area contributed by atoms with Gasteiger partial charge >= 0.3 is 5.97 Å². The Hall–Kier alpha value is -2.01. The van der Waals surface area contributed by atoms with Crippen LogP contribution in [-0.4, -0.2) is 34.2 Å². The lowest BCUT2D eigenvalue weighted by Gasteiger charge is -2.19. The van der Waals surface area contributed by atoms with E-state index in [2.05, 4.69) is 0 Å². The van der Waals surface area contributed by atoms with Crippen LogP contribution in [0.2, 0.25) is 0 Å². The first-order chi connectivity index (χ1) is 9.97. The molecule has 5 heteroatoms. The molecule has 1 heterocycles. The van der Waals surface area contributed by atoms with Crippen LogP contribution in [-0.2, 0) is 11.3 Å². The summed E-state index contributed by atoms with van der Waals surface area (Å²) in [7, 11) is 7.82. The Balaban J connectivity index is 2.18. The van der Waals surface area contributed by atoms with E-state index >= 15 is 0 Å². The van der Waals surface area contributed by atoms with Crippen molar-refractivity contribution in [2.45, 2.75) is 6.61 Å². The van der Waals surface area contributed by atoms with E-state index in [4.69, 9.17) is 4.74 Å². The van der Waals surface area contributed by atoms with Gasteiger partial charge in [0.1, 0.15) is 6.61 Å². The predicted octanol–water partition coefficient (Wildman–Crippen LogP) is 3.24. The largest absolute Gasteiger partial charge is 0.456 e. The van der Waals surface area contributed by atoms with Gasteiger partial charge in [-0.25, -0.2) is 4.79 Å². The van der Waals surface area contributed by atoms with E-state index in [-0.39, 0.29) is 5.97 Å². The molecule has 0 saturated carbocycles. The summed E-state index contributed by atoms with van der Waals surface area (Å²) in [5, 5.41) is 1.97. The maximum atomic E-state index is 12.2. The highest BCUT2D eigenvalue weighted by Gasteiger charge is 2.12. The third-order valence-electron chi connectivity index (χ3n) is 3.10. The van der Waals surface area contributed by atoms with Gasteiger partial charge in [0.05, 0.1) is 5.56 Å². The van der Waals surface area contributed by atoms with Gasteiger partial charge in [0.15, 0.2) is 0 Å². The summed E-state index contributed by atoms with van der Waals surface area (Å²) in [6, 6.07) is 9.65. The molecule has 2 aromatic rings. The summed E-state index contributed by atoms with van der Waals surface area (Å²) in [6.45, 7) is 0.319. The second-order valence-corrected chi connectivity index (χ2v) is 6.21. The van der Waals surface area contributed by atoms with Crippen molar-refractivity contribution in [3.05, 3.63) is 46.2 Å². The van der Waals surface area contributed by atoms with Gasteiger partial charge in [0.25, 0.3) is 0 Å². The number of benzene rings is 1. The van der Waals surface area contributed by atoms with Gasteiger partial charge in [-0.3, -0.25) is 0 Å². The minimum absolute atomic E-state index is 0.296. The topological polar surface area (TPSA) is 32.8 Å². The number of hydrogen-bond donors (Lipinski definition) is 0. The summed E-state index contributed by atoms with van der Waals surface area (Å²) >= 11 is 1.58. The standard InChI is InChI=1S/C16H20N2O2S/c1-17(2)13-8-12(9-14(10-13)18(3)4)16(19)20-11-15-6-5-7-21-15/h5-10H,11H2,1-4H3. The molecule has 0 aliphatic rings. The fourth-order valence-electron chi connectivity index (χ4n) is 1.84. The van der Waals surface area contributed by atoms with E-state index in [1.165, 1.54) is 0 Å². The van der Waals surface area contributed by atoms with Crippen LogP contribution in [0, 0.1) is 0 Å². The second-order valence-electron chi connectivity index (χ2n) is 5.18. The van der Waals surface area contributed by atoms with Crippen LogP contribution in [0.5, 0.6) is 0 Å². The van der Waals surface area contributed by atoms with Crippen molar-refractivity contribution in [3.63, 3.8) is 0 Å². The summed E-state index contributed by atoms with van der Waals surface area (Å²) < 4.78 is 5.38. The highest BCUT2D eigenvalue weighted by molar-refractivity contribution is 7.09. The molecular formula is C16H20N2O2S. The van der Waals surface area contributed by atoms with Crippen LogP contribution < -0.4 is 9.80 Å². The average molecular weight is 304 g/mol. The first-order valence-electron chi connectivity index (χ1n) is 6.66. The maximum Gasteiger partial charge on any atom is 0.338 e. The first-order valence-corrected chi connectivity index (χ1v) is 7.54. The molecular weight excluding hydrogens is 284 g/mol. The number of carbonyl (C=O) groups is 1. The number of thiophene rings is 1. The lowest BCUT2D eigenvalue weighted by atomic mass is 10.1. The van der Waals surface area contributed by atoms with Crippen LogP contribution in [0.25, 0.3) is 0 Å². The number of nitrogens with zero attached hydrogens (tertiary/aromatic N) is 2. The predicted molar refractivity (Wildman–Crippen MR) is 88.5 cm³/mol. The summed E-state index contributed by atoms with van der Waals surface area (Å²) in [5.41, 5.74) is 2.52. The minimum Gasteiger partial charge on any atom is -0.456 e. The van der Waals surface area contributed by atoms with Crippen molar-refractivity contribution in [2.75, 3.05) is 38.0 Å². The second kappa shape index (κ2) is 6.63. The van der Waals surface area contributed by atoms with Crippen LogP contribution in [0.15, 0.2) is 35.7 Å². The maximum absolute atomic E-state index is 12.2. The van der Waals surface area contributed by atoms with E-state index in [9.17, 15) is 4.79 Å². The first kappa shape index (κ1) is 15.4. The zero-order valence-corrected chi connectivity index (χ0v) is 13.6. The fraction of sp³-hybridized carbons (Fsp3) is 0.312. The monoisotopic (exact) mass is 304 g/mol. The Morgan fingerprint density at radius 2 is 1.71 bits per heavy atom. The molecule has 1 aromatic carbocycles. The Morgan fingerprint density at radius 3 is 2.19 bits per heavy atom. The molecule has 0 bridgehead atoms. The Kier molecular flexibility index (Phi) is 4.85. The number of rotatable bonds is 5. The van der Waals surface area contributed by atoms with Crippen molar-refractivity contribution in [1.29, 1.82) is 0 Å². The van der Waals surface area contributed by atoms with Gasteiger partial charge in [-0.15, -0.1) is 11.3 Å². The Morgan fingerprint density at radius 1 is 1.10 bits per heavy atom. The molecule has 112 valence electrons. The molecule has 0 fully saturated rings. The molecule has 0 unspecified atom stereocenters. The SMILES string of the molecule is CN(C)c1cc(C(=O)OCc2cccs2)cc(N(C)C)c1. The van der Waals surface area contributed by atoms with E-state index in [0.29, 0.717) is 12.2 Å². The smallest absolute Gasteiger partial charge is 0.338 e. The number of carbonyl (C=O) groups excluding carboxylic acids is 1. The van der Waals surface area contributed by atoms with Crippen molar-refractivity contribution in [1.82, 2.24) is 0 Å². The average Bonchev–Trinajstić information content (AvgIpc) is 2.97. The van der Waals surface area contributed by atoms with Crippen LogP contribution in [0.1, 0.15) is 15.2 Å². The molecule has 0 radical (unpaired) electrons. The van der Waals surface area contributed by atoms with Gasteiger partial charge in [0.2, 0.25) is 0 Å². The highest BCUT2D eigenvalue weighted by Crippen LogP contribution is 2.24. The van der Waals surface area contributed by atoms with Crippen LogP contribution >= 0.6 is 11.3 Å². The van der Waals surface area contributed by atoms with Crippen molar-refractivity contribution >= 4 is 28.7 Å². The third-order valence-corrected chi connectivity index (χ3v) is 3.95. The van der Waals surface area contributed by atoms with Crippen molar-refractivity contribution in [3.8, 4) is 0 Å². The fourth-order valence-corrected chi connectivity index (χ4v) is 2.46. The molecule has 0 atom stereocenters. The van der Waals surface area contributed by atoms with Gasteiger partial charge in [-0.1, -0.05) is 6.07 Å². The zero-order chi connectivity index (χ0) is 15.4. The number of hydrogen-bond acceptors (Lipinski definition) is 5. The van der Waals surface area contributed by atoms with Gasteiger partial charge in [-0.05, 0) is 29.6 Å². The van der Waals surface area contributed by atoms with E-state index in [0.717, 1.165) is 16.3 Å². The van der Waals surface area contributed by atoms with Gasteiger partial charge < -0.3 is 14.5 Å². The Bertz CT molecular complexity index is 580. The minimum atomic E-state index is -0.296. The molecule has 4 nitrogen and oxygen atoms in total. The molecule has 0 amide bonds. The van der Waals surface area contributed by atoms with Gasteiger partial charge in [0, 0.05) is 44.4 Å². The van der Waals surface area contributed by atoms with Crippen molar-refractivity contribution in [2.24, 2.45) is 0 Å². The van der Waals surface area contributed by atoms with Crippen LogP contribution in [0.3, 0.4) is 0 Å². The normalized spacial score (nSPS) is 10.3. The summed E-state index contributed by atoms with van der Waals surface area (Å²) in [6.07, 6.45) is 0. The Labute approximate surface area is 129 Å². The number of ether oxygens (including phenoxy) is 1. The van der Waals surface area contributed by atoms with E-state index in [1.807, 2.05) is 73.7 Å². The summed E-state index contributed by atoms with van der Waals surface area (Å²) in [4.78, 5) is 17.2. The molecule has 0 spiro atoms. The van der Waals surface area contributed by atoms with Crippen LogP contribution in [0.4, 0.5) is 11.4 Å². The zero-order valence-electron chi connectivity index (χ0n) is 12.8. The quantitative estimate of drug-likeness (QED) is 0.794. The third kappa shape index (κ3) is 3.98. The molecule has 2 rings (SSSR count). The lowest BCUT2D eigenvalue weighted by Crippen LogP contribution is -2.15. The van der Waals surface area contributed by atoms with Crippen molar-refractivity contribution < 1.29 is 9.53 Å². The molecule has 0 N–H and O–H groups in total. The lowest BCUT2D eigenvalue weighted by molar-refractivity contribution is 0.0477. The number of esters is 1. The molecule has 21 heavy (non-hydrogen) atoms. The molecule has 1 aromatic heterocycles. The summed E-state index contributed by atoms with van der Waals surface area (Å²) in [5.74, 6) is -0.296. The molecule has 0 saturated heterocycles.